The first kappa shape index (κ1) is 30.6. The second-order valence-corrected chi connectivity index (χ2v) is 8.33. The molecule has 1 spiro atoms. The van der Waals surface area contributed by atoms with Crippen molar-refractivity contribution < 1.29 is 55.6 Å². The van der Waals surface area contributed by atoms with Crippen LogP contribution in [0.5, 0.6) is 0 Å². The Hall–Kier alpha value is -2.45. The van der Waals surface area contributed by atoms with Crippen molar-refractivity contribution in [1.29, 1.82) is 0 Å². The normalized spacial score (nSPS) is 19.7. The number of pyridine rings is 1. The maximum absolute atomic E-state index is 10.6. The zero-order valence-corrected chi connectivity index (χ0v) is 19.3. The summed E-state index contributed by atoms with van der Waals surface area (Å²) >= 11 is 0. The molecule has 0 saturated carbocycles. The SMILES string of the molecule is Cc1cccc(COC2CCOC3(C2)CN(C(C)C)C3)n1.O=C(O)C(F)(F)F.O=C(O)C(F)(F)F. The minimum atomic E-state index is -5.08. The Kier molecular flexibility index (Phi) is 10.9. The number of carbonyl (C=O) groups is 2. The molecule has 2 aliphatic rings. The highest BCUT2D eigenvalue weighted by Crippen LogP contribution is 2.36. The van der Waals surface area contributed by atoms with Crippen molar-refractivity contribution in [3.05, 3.63) is 29.6 Å². The van der Waals surface area contributed by atoms with Gasteiger partial charge in [0.1, 0.15) is 0 Å². The molecule has 0 aliphatic carbocycles. The van der Waals surface area contributed by atoms with Crippen LogP contribution >= 0.6 is 0 Å². The van der Waals surface area contributed by atoms with Crippen LogP contribution < -0.4 is 0 Å². The fraction of sp³-hybridized carbons (Fsp3) is 0.667. The number of hydrogen-bond acceptors (Lipinski definition) is 6. The molecule has 8 nitrogen and oxygen atoms in total. The van der Waals surface area contributed by atoms with E-state index in [2.05, 4.69) is 23.7 Å². The van der Waals surface area contributed by atoms with E-state index in [4.69, 9.17) is 29.3 Å². The molecule has 0 amide bonds. The highest BCUT2D eigenvalue weighted by Gasteiger charge is 2.48. The van der Waals surface area contributed by atoms with Crippen molar-refractivity contribution in [1.82, 2.24) is 9.88 Å². The fourth-order valence-electron chi connectivity index (χ4n) is 3.29. The molecule has 1 aromatic heterocycles. The van der Waals surface area contributed by atoms with Gasteiger partial charge in [0.05, 0.1) is 24.0 Å². The van der Waals surface area contributed by atoms with Gasteiger partial charge in [-0.1, -0.05) is 6.07 Å². The van der Waals surface area contributed by atoms with E-state index in [0.717, 1.165) is 43.9 Å². The molecule has 0 radical (unpaired) electrons. The maximum Gasteiger partial charge on any atom is 0.490 e. The van der Waals surface area contributed by atoms with Crippen LogP contribution in [-0.2, 0) is 25.7 Å². The highest BCUT2D eigenvalue weighted by molar-refractivity contribution is 5.73. The van der Waals surface area contributed by atoms with Gasteiger partial charge in [-0.3, -0.25) is 9.88 Å². The number of alkyl halides is 6. The predicted molar refractivity (Wildman–Crippen MR) is 110 cm³/mol. The summed E-state index contributed by atoms with van der Waals surface area (Å²) in [6.07, 6.45) is -7.85. The van der Waals surface area contributed by atoms with Crippen molar-refractivity contribution >= 4 is 11.9 Å². The summed E-state index contributed by atoms with van der Waals surface area (Å²) in [5.41, 5.74) is 2.12. The van der Waals surface area contributed by atoms with Gasteiger partial charge in [-0.25, -0.2) is 9.59 Å². The Labute approximate surface area is 197 Å². The van der Waals surface area contributed by atoms with Crippen molar-refractivity contribution in [3.8, 4) is 0 Å². The van der Waals surface area contributed by atoms with Crippen LogP contribution in [0.15, 0.2) is 18.2 Å². The summed E-state index contributed by atoms with van der Waals surface area (Å²) in [6, 6.07) is 6.70. The third-order valence-electron chi connectivity index (χ3n) is 5.06. The monoisotopic (exact) mass is 518 g/mol. The minimum absolute atomic E-state index is 0.0488. The van der Waals surface area contributed by atoms with E-state index in [1.54, 1.807) is 0 Å². The van der Waals surface area contributed by atoms with Gasteiger partial charge in [0.25, 0.3) is 0 Å². The first-order valence-corrected chi connectivity index (χ1v) is 10.5. The van der Waals surface area contributed by atoms with Gasteiger partial charge >= 0.3 is 24.3 Å². The number of carboxylic acid groups (broad SMARTS) is 2. The molecular formula is C21H28F6N2O6. The molecule has 0 aromatic carbocycles. The first-order valence-electron chi connectivity index (χ1n) is 10.5. The predicted octanol–water partition coefficient (Wildman–Crippen LogP) is 3.82. The summed E-state index contributed by atoms with van der Waals surface area (Å²) in [5.74, 6) is -5.51. The van der Waals surface area contributed by atoms with Crippen LogP contribution in [0.1, 0.15) is 38.1 Å². The van der Waals surface area contributed by atoms with Crippen LogP contribution in [0.25, 0.3) is 0 Å². The van der Waals surface area contributed by atoms with Gasteiger partial charge in [0.15, 0.2) is 0 Å². The number of nitrogens with zero attached hydrogens (tertiary/aromatic N) is 2. The molecule has 1 aromatic rings. The Bertz CT molecular complexity index is 816. The average Bonchev–Trinajstić information content (AvgIpc) is 2.70. The number of aliphatic carboxylic acids is 2. The zero-order chi connectivity index (χ0) is 27.0. The molecule has 3 heterocycles. The summed E-state index contributed by atoms with van der Waals surface area (Å²) in [4.78, 5) is 24.8. The van der Waals surface area contributed by atoms with E-state index in [0.29, 0.717) is 18.8 Å². The van der Waals surface area contributed by atoms with Gasteiger partial charge in [-0.2, -0.15) is 26.3 Å². The van der Waals surface area contributed by atoms with E-state index in [-0.39, 0.29) is 5.60 Å². The molecule has 2 saturated heterocycles. The van der Waals surface area contributed by atoms with Crippen molar-refractivity contribution in [3.63, 3.8) is 0 Å². The van der Waals surface area contributed by atoms with Crippen LogP contribution in [-0.4, -0.2) is 81.8 Å². The molecule has 2 fully saturated rings. The molecule has 0 bridgehead atoms. The summed E-state index contributed by atoms with van der Waals surface area (Å²) in [7, 11) is 0. The fourth-order valence-corrected chi connectivity index (χ4v) is 3.29. The molecule has 14 heteroatoms. The lowest BCUT2D eigenvalue weighted by molar-refractivity contribution is -0.204. The Morgan fingerprint density at radius 2 is 1.66 bits per heavy atom. The van der Waals surface area contributed by atoms with Crippen LogP contribution in [0, 0.1) is 6.92 Å². The van der Waals surface area contributed by atoms with E-state index < -0.39 is 24.3 Å². The molecular weight excluding hydrogens is 490 g/mol. The molecule has 1 unspecified atom stereocenters. The van der Waals surface area contributed by atoms with E-state index >= 15 is 0 Å². The first-order chi connectivity index (χ1) is 15.9. The second kappa shape index (κ2) is 12.5. The maximum atomic E-state index is 10.6. The number of rotatable bonds is 4. The quantitative estimate of drug-likeness (QED) is 0.580. The topological polar surface area (TPSA) is 109 Å². The van der Waals surface area contributed by atoms with Crippen LogP contribution in [0.4, 0.5) is 26.3 Å². The van der Waals surface area contributed by atoms with Crippen LogP contribution in [0.3, 0.4) is 0 Å². The zero-order valence-electron chi connectivity index (χ0n) is 19.3. The third-order valence-corrected chi connectivity index (χ3v) is 5.06. The van der Waals surface area contributed by atoms with Crippen molar-refractivity contribution in [2.75, 3.05) is 19.7 Å². The average molecular weight is 518 g/mol. The molecule has 200 valence electrons. The van der Waals surface area contributed by atoms with Gasteiger partial charge in [-0.05, 0) is 39.3 Å². The molecule has 2 N–H and O–H groups in total. The standard InChI is InChI=1S/C17H26N2O2.2C2HF3O2/c1-13(2)19-11-17(12-19)9-16(7-8-21-17)20-10-15-6-4-5-14(3)18-15;2*3-2(4,5)1(6)7/h4-6,13,16H,7-12H2,1-3H3;2*(H,6,7). The van der Waals surface area contributed by atoms with Gasteiger partial charge in [0.2, 0.25) is 0 Å². The smallest absolute Gasteiger partial charge is 0.475 e. The number of aryl methyl sites for hydroxylation is 1. The van der Waals surface area contributed by atoms with Gasteiger partial charge in [0, 0.05) is 37.9 Å². The Morgan fingerprint density at radius 3 is 2.09 bits per heavy atom. The summed E-state index contributed by atoms with van der Waals surface area (Å²) in [6.45, 7) is 10.0. The number of carboxylic acids is 2. The summed E-state index contributed by atoms with van der Waals surface area (Å²) < 4.78 is 75.6. The number of ether oxygens (including phenoxy) is 2. The molecule has 2 aliphatic heterocycles. The molecule has 35 heavy (non-hydrogen) atoms. The van der Waals surface area contributed by atoms with Gasteiger partial charge < -0.3 is 19.7 Å². The van der Waals surface area contributed by atoms with E-state index in [1.165, 1.54) is 0 Å². The number of likely N-dealkylation sites (tertiary alicyclic amines) is 1. The Morgan fingerprint density at radius 1 is 1.14 bits per heavy atom. The summed E-state index contributed by atoms with van der Waals surface area (Å²) in [5, 5.41) is 14.2. The minimum Gasteiger partial charge on any atom is -0.475 e. The number of aromatic nitrogens is 1. The molecule has 3 rings (SSSR count). The third kappa shape index (κ3) is 10.8. The second-order valence-electron chi connectivity index (χ2n) is 8.33. The largest absolute Gasteiger partial charge is 0.490 e. The number of hydrogen-bond donors (Lipinski definition) is 2. The lowest BCUT2D eigenvalue weighted by Crippen LogP contribution is -2.67. The van der Waals surface area contributed by atoms with E-state index in [9.17, 15) is 26.3 Å². The lowest BCUT2D eigenvalue weighted by atomic mass is 9.84. The van der Waals surface area contributed by atoms with Crippen molar-refractivity contribution in [2.45, 2.75) is 70.3 Å². The van der Waals surface area contributed by atoms with Crippen LogP contribution in [0.2, 0.25) is 0 Å². The Balaban J connectivity index is 0.000000362. The number of halogens is 6. The van der Waals surface area contributed by atoms with Crippen molar-refractivity contribution in [2.24, 2.45) is 0 Å². The van der Waals surface area contributed by atoms with E-state index in [1.807, 2.05) is 25.1 Å². The highest BCUT2D eigenvalue weighted by atomic mass is 19.4. The molecule has 1 atom stereocenters. The lowest BCUT2D eigenvalue weighted by Gasteiger charge is -2.54. The van der Waals surface area contributed by atoms with Gasteiger partial charge in [-0.15, -0.1) is 0 Å².